The maximum Gasteiger partial charge on any atom is 0.162 e. The van der Waals surface area contributed by atoms with Crippen LogP contribution in [0, 0.1) is 29.6 Å². The summed E-state index contributed by atoms with van der Waals surface area (Å²) >= 11 is 0. The van der Waals surface area contributed by atoms with E-state index in [4.69, 9.17) is 0 Å². The second-order valence-corrected chi connectivity index (χ2v) is 8.65. The Morgan fingerprint density at radius 3 is 1.71 bits per heavy atom. The summed E-state index contributed by atoms with van der Waals surface area (Å²) in [5.41, 5.74) is 0. The van der Waals surface area contributed by atoms with E-state index in [1.54, 1.807) is 0 Å². The molecule has 0 nitrogen and oxygen atoms in total. The molecule has 5 atom stereocenters. The topological polar surface area (TPSA) is 0 Å². The van der Waals surface area contributed by atoms with Crippen molar-refractivity contribution in [3.05, 3.63) is 0 Å². The molecular formula is C20H32F4. The van der Waals surface area contributed by atoms with Crippen molar-refractivity contribution in [1.82, 2.24) is 0 Å². The van der Waals surface area contributed by atoms with E-state index >= 15 is 0 Å². The lowest BCUT2D eigenvalue weighted by atomic mass is 9.64. The van der Waals surface area contributed by atoms with E-state index in [0.29, 0.717) is 18.3 Å². The van der Waals surface area contributed by atoms with E-state index in [1.165, 1.54) is 32.1 Å². The molecule has 140 valence electrons. The van der Waals surface area contributed by atoms with Crippen LogP contribution in [-0.2, 0) is 0 Å². The van der Waals surface area contributed by atoms with E-state index in [9.17, 15) is 17.6 Å². The second-order valence-electron chi connectivity index (χ2n) is 8.65. The summed E-state index contributed by atoms with van der Waals surface area (Å²) in [5, 5.41) is 0. The summed E-state index contributed by atoms with van der Waals surface area (Å²) < 4.78 is 55.4. The van der Waals surface area contributed by atoms with Crippen LogP contribution in [0.3, 0.4) is 0 Å². The molecule has 0 aromatic rings. The van der Waals surface area contributed by atoms with Gasteiger partial charge in [0, 0.05) is 0 Å². The first-order valence-electron chi connectivity index (χ1n) is 10.1. The third-order valence-corrected chi connectivity index (χ3v) is 7.35. The van der Waals surface area contributed by atoms with E-state index in [2.05, 4.69) is 6.92 Å². The summed E-state index contributed by atoms with van der Waals surface area (Å²) in [6, 6.07) is 0. The predicted octanol–water partition coefficient (Wildman–Crippen LogP) is 6.38. The SMILES string of the molecule is CCC1CCC(C2CCC(C3CC(F)C(F)C(F)C3)C(F)C2)CC1. The van der Waals surface area contributed by atoms with Gasteiger partial charge < -0.3 is 0 Å². The normalized spacial score (nSPS) is 50.6. The minimum Gasteiger partial charge on any atom is -0.247 e. The number of hydrogen-bond acceptors (Lipinski definition) is 0. The largest absolute Gasteiger partial charge is 0.247 e. The third-order valence-electron chi connectivity index (χ3n) is 7.35. The van der Waals surface area contributed by atoms with E-state index in [-0.39, 0.29) is 24.7 Å². The van der Waals surface area contributed by atoms with E-state index < -0.39 is 24.7 Å². The van der Waals surface area contributed by atoms with Crippen molar-refractivity contribution in [2.24, 2.45) is 29.6 Å². The Balaban J connectivity index is 1.52. The van der Waals surface area contributed by atoms with Gasteiger partial charge in [0.2, 0.25) is 0 Å². The van der Waals surface area contributed by atoms with Crippen LogP contribution in [0.5, 0.6) is 0 Å². The van der Waals surface area contributed by atoms with Crippen LogP contribution in [0.2, 0.25) is 0 Å². The lowest BCUT2D eigenvalue weighted by Crippen LogP contribution is -2.43. The zero-order chi connectivity index (χ0) is 17.3. The highest BCUT2D eigenvalue weighted by molar-refractivity contribution is 4.94. The second kappa shape index (κ2) is 7.95. The zero-order valence-electron chi connectivity index (χ0n) is 14.8. The molecule has 0 amide bonds. The maximum atomic E-state index is 14.8. The minimum absolute atomic E-state index is 0.00104. The van der Waals surface area contributed by atoms with Crippen molar-refractivity contribution in [2.45, 2.75) is 95.8 Å². The van der Waals surface area contributed by atoms with Crippen LogP contribution in [0.15, 0.2) is 0 Å². The molecule has 0 radical (unpaired) electrons. The van der Waals surface area contributed by atoms with Crippen LogP contribution in [-0.4, -0.2) is 24.7 Å². The molecule has 0 aliphatic heterocycles. The summed E-state index contributed by atoms with van der Waals surface area (Å²) in [6.45, 7) is 2.25. The van der Waals surface area contributed by atoms with Crippen molar-refractivity contribution < 1.29 is 17.6 Å². The van der Waals surface area contributed by atoms with Crippen molar-refractivity contribution in [2.75, 3.05) is 0 Å². The quantitative estimate of drug-likeness (QED) is 0.519. The van der Waals surface area contributed by atoms with Crippen molar-refractivity contribution in [3.63, 3.8) is 0 Å². The smallest absolute Gasteiger partial charge is 0.162 e. The Labute approximate surface area is 143 Å². The molecule has 0 bridgehead atoms. The fourth-order valence-electron chi connectivity index (χ4n) is 5.71. The molecule has 3 saturated carbocycles. The highest BCUT2D eigenvalue weighted by Crippen LogP contribution is 2.47. The molecule has 5 unspecified atom stereocenters. The molecule has 0 saturated heterocycles. The van der Waals surface area contributed by atoms with Gasteiger partial charge in [0.1, 0.15) is 18.5 Å². The average molecular weight is 348 g/mol. The minimum atomic E-state index is -2.01. The molecule has 3 aliphatic carbocycles. The first-order valence-corrected chi connectivity index (χ1v) is 10.1. The fraction of sp³-hybridized carbons (Fsp3) is 1.00. The summed E-state index contributed by atoms with van der Waals surface area (Å²) in [6.07, 6.45) is 1.98. The van der Waals surface area contributed by atoms with Gasteiger partial charge in [0.25, 0.3) is 0 Å². The molecule has 0 aromatic carbocycles. The number of alkyl halides is 4. The molecule has 3 fully saturated rings. The van der Waals surface area contributed by atoms with Gasteiger partial charge in [-0.25, -0.2) is 17.6 Å². The summed E-state index contributed by atoms with van der Waals surface area (Å²) in [7, 11) is 0. The third kappa shape index (κ3) is 3.93. The molecular weight excluding hydrogens is 316 g/mol. The molecule has 0 spiro atoms. The lowest BCUT2D eigenvalue weighted by Gasteiger charge is -2.43. The number of rotatable bonds is 3. The Kier molecular flexibility index (Phi) is 6.13. The molecule has 0 N–H and O–H groups in total. The Hall–Kier alpha value is -0.280. The number of halogens is 4. The van der Waals surface area contributed by atoms with Gasteiger partial charge in [-0.15, -0.1) is 0 Å². The predicted molar refractivity (Wildman–Crippen MR) is 88.9 cm³/mol. The van der Waals surface area contributed by atoms with Gasteiger partial charge in [-0.1, -0.05) is 26.2 Å². The molecule has 0 heterocycles. The van der Waals surface area contributed by atoms with Crippen LogP contribution >= 0.6 is 0 Å². The van der Waals surface area contributed by atoms with E-state index in [0.717, 1.165) is 18.8 Å². The Bertz CT molecular complexity index is 381. The molecule has 0 aromatic heterocycles. The van der Waals surface area contributed by atoms with Gasteiger partial charge in [-0.05, 0) is 74.5 Å². The fourth-order valence-corrected chi connectivity index (χ4v) is 5.71. The van der Waals surface area contributed by atoms with Crippen LogP contribution < -0.4 is 0 Å². The summed E-state index contributed by atoms with van der Waals surface area (Å²) in [4.78, 5) is 0. The maximum absolute atomic E-state index is 14.8. The first-order chi connectivity index (χ1) is 11.5. The highest BCUT2D eigenvalue weighted by Gasteiger charge is 2.45. The van der Waals surface area contributed by atoms with Crippen LogP contribution in [0.1, 0.15) is 71.1 Å². The Morgan fingerprint density at radius 1 is 0.625 bits per heavy atom. The van der Waals surface area contributed by atoms with Gasteiger partial charge >= 0.3 is 0 Å². The van der Waals surface area contributed by atoms with Gasteiger partial charge in [-0.2, -0.15) is 0 Å². The van der Waals surface area contributed by atoms with Gasteiger partial charge in [-0.3, -0.25) is 0 Å². The van der Waals surface area contributed by atoms with E-state index in [1.807, 2.05) is 0 Å². The molecule has 3 aliphatic rings. The van der Waals surface area contributed by atoms with Crippen molar-refractivity contribution in [3.8, 4) is 0 Å². The van der Waals surface area contributed by atoms with Crippen LogP contribution in [0.25, 0.3) is 0 Å². The monoisotopic (exact) mass is 348 g/mol. The Morgan fingerprint density at radius 2 is 1.17 bits per heavy atom. The van der Waals surface area contributed by atoms with Crippen molar-refractivity contribution >= 4 is 0 Å². The molecule has 3 rings (SSSR count). The first kappa shape index (κ1) is 18.5. The molecule has 4 heteroatoms. The van der Waals surface area contributed by atoms with Gasteiger partial charge in [0.05, 0.1) is 0 Å². The zero-order valence-corrected chi connectivity index (χ0v) is 14.8. The lowest BCUT2D eigenvalue weighted by molar-refractivity contribution is -0.0286. The highest BCUT2D eigenvalue weighted by atomic mass is 19.2. The standard InChI is InChI=1S/C20H32F4/c1-2-12-3-5-13(6-4-12)14-7-8-16(17(21)9-14)15-10-18(22)20(24)19(23)11-15/h12-20H,2-11H2,1H3. The van der Waals surface area contributed by atoms with Gasteiger partial charge in [0.15, 0.2) is 6.17 Å². The van der Waals surface area contributed by atoms with Crippen molar-refractivity contribution in [1.29, 1.82) is 0 Å². The summed E-state index contributed by atoms with van der Waals surface area (Å²) in [5.74, 6) is 1.33. The number of hydrogen-bond donors (Lipinski definition) is 0. The molecule has 24 heavy (non-hydrogen) atoms. The van der Waals surface area contributed by atoms with Crippen LogP contribution in [0.4, 0.5) is 17.6 Å². The average Bonchev–Trinajstić information content (AvgIpc) is 2.59.